The van der Waals surface area contributed by atoms with Gasteiger partial charge in [0.05, 0.1) is 6.20 Å². The molecule has 0 fully saturated rings. The molecule has 0 atom stereocenters. The molecule has 4 nitrogen and oxygen atoms in total. The molecule has 0 aliphatic carbocycles. The quantitative estimate of drug-likeness (QED) is 0.702. The molecule has 1 heterocycles. The zero-order valence-corrected chi connectivity index (χ0v) is 7.99. The van der Waals surface area contributed by atoms with E-state index < -0.39 is 0 Å². The van der Waals surface area contributed by atoms with Gasteiger partial charge in [-0.25, -0.2) is 9.78 Å². The summed E-state index contributed by atoms with van der Waals surface area (Å²) < 4.78 is 1.32. The second-order valence-electron chi connectivity index (χ2n) is 1.88. The Kier molecular flexibility index (Phi) is 3.81. The summed E-state index contributed by atoms with van der Waals surface area (Å²) in [5.41, 5.74) is 0. The lowest BCUT2D eigenvalue weighted by Crippen LogP contribution is -2.16. The Labute approximate surface area is 74.9 Å². The summed E-state index contributed by atoms with van der Waals surface area (Å²) in [5.74, 6) is 0.316. The molecule has 0 unspecified atom stereocenters. The standard InChI is InChI=1S/C6H8N2O2.BrH/c1-5-7-3-4-8(5)10-6(2)9;/h3-4H,1-2H3;1H. The van der Waals surface area contributed by atoms with E-state index in [-0.39, 0.29) is 23.0 Å². The Balaban J connectivity index is 0.000001000. The monoisotopic (exact) mass is 220 g/mol. The zero-order chi connectivity index (χ0) is 7.56. The van der Waals surface area contributed by atoms with Gasteiger partial charge in [-0.05, 0) is 6.92 Å². The van der Waals surface area contributed by atoms with Crippen molar-refractivity contribution in [3.8, 4) is 0 Å². The zero-order valence-electron chi connectivity index (χ0n) is 6.27. The van der Waals surface area contributed by atoms with E-state index in [1.54, 1.807) is 19.3 Å². The number of aryl methyl sites for hydroxylation is 1. The van der Waals surface area contributed by atoms with E-state index in [2.05, 4.69) is 4.98 Å². The largest absolute Gasteiger partial charge is 0.336 e. The van der Waals surface area contributed by atoms with E-state index in [1.165, 1.54) is 11.7 Å². The van der Waals surface area contributed by atoms with Gasteiger partial charge in [-0.15, -0.1) is 17.0 Å². The number of halogens is 1. The highest BCUT2D eigenvalue weighted by Gasteiger charge is 1.98. The number of carbonyl (C=O) groups is 1. The van der Waals surface area contributed by atoms with E-state index in [4.69, 9.17) is 4.84 Å². The highest BCUT2D eigenvalue weighted by molar-refractivity contribution is 8.93. The second-order valence-corrected chi connectivity index (χ2v) is 1.88. The van der Waals surface area contributed by atoms with Gasteiger partial charge < -0.3 is 4.84 Å². The lowest BCUT2D eigenvalue weighted by atomic mass is 10.7. The van der Waals surface area contributed by atoms with Crippen molar-refractivity contribution in [2.45, 2.75) is 13.8 Å². The molecule has 0 amide bonds. The van der Waals surface area contributed by atoms with Gasteiger partial charge in [0.1, 0.15) is 5.82 Å². The van der Waals surface area contributed by atoms with E-state index in [0.29, 0.717) is 5.82 Å². The smallest absolute Gasteiger partial charge is 0.329 e. The molecule has 5 heteroatoms. The third-order valence-corrected chi connectivity index (χ3v) is 1.01. The topological polar surface area (TPSA) is 44.1 Å². The number of aromatic nitrogens is 2. The first-order chi connectivity index (χ1) is 4.70. The van der Waals surface area contributed by atoms with Crippen LogP contribution in [-0.2, 0) is 4.79 Å². The van der Waals surface area contributed by atoms with Crippen LogP contribution in [0.4, 0.5) is 0 Å². The van der Waals surface area contributed by atoms with Crippen LogP contribution in [0, 0.1) is 6.92 Å². The first-order valence-electron chi connectivity index (χ1n) is 2.89. The fraction of sp³-hybridized carbons (Fsp3) is 0.333. The van der Waals surface area contributed by atoms with Gasteiger partial charge in [-0.2, -0.15) is 4.73 Å². The van der Waals surface area contributed by atoms with Crippen LogP contribution >= 0.6 is 17.0 Å². The molecule has 0 aliphatic heterocycles. The number of imidazole rings is 1. The Morgan fingerprint density at radius 1 is 1.73 bits per heavy atom. The van der Waals surface area contributed by atoms with Crippen molar-refractivity contribution in [1.82, 2.24) is 9.71 Å². The van der Waals surface area contributed by atoms with Crippen LogP contribution < -0.4 is 4.84 Å². The van der Waals surface area contributed by atoms with Crippen LogP contribution in [0.5, 0.6) is 0 Å². The molecule has 62 valence electrons. The molecular formula is C6H9BrN2O2. The molecular weight excluding hydrogens is 212 g/mol. The SMILES string of the molecule is Br.CC(=O)On1ccnc1C. The lowest BCUT2D eigenvalue weighted by molar-refractivity contribution is -0.141. The average Bonchev–Trinajstić information content (AvgIpc) is 2.15. The van der Waals surface area contributed by atoms with Gasteiger partial charge in [-0.3, -0.25) is 0 Å². The van der Waals surface area contributed by atoms with Crippen LogP contribution in [0.3, 0.4) is 0 Å². The van der Waals surface area contributed by atoms with Crippen molar-refractivity contribution < 1.29 is 9.63 Å². The molecule has 1 aromatic heterocycles. The van der Waals surface area contributed by atoms with Crippen LogP contribution in [-0.4, -0.2) is 15.7 Å². The summed E-state index contributed by atoms with van der Waals surface area (Å²) in [7, 11) is 0. The molecule has 1 rings (SSSR count). The molecule has 0 aliphatic rings. The molecule has 1 aromatic rings. The Bertz CT molecular complexity index is 246. The highest BCUT2D eigenvalue weighted by Crippen LogP contribution is 1.90. The van der Waals surface area contributed by atoms with Gasteiger partial charge in [0, 0.05) is 13.1 Å². The van der Waals surface area contributed by atoms with Crippen LogP contribution in [0.15, 0.2) is 12.4 Å². The number of hydrogen-bond acceptors (Lipinski definition) is 3. The van der Waals surface area contributed by atoms with E-state index in [1.807, 2.05) is 0 Å². The Morgan fingerprint density at radius 2 is 2.36 bits per heavy atom. The molecule has 0 aromatic carbocycles. The molecule has 0 saturated carbocycles. The molecule has 0 radical (unpaired) electrons. The third-order valence-electron chi connectivity index (χ3n) is 1.01. The average molecular weight is 221 g/mol. The number of carbonyl (C=O) groups excluding carboxylic acids is 1. The van der Waals surface area contributed by atoms with Gasteiger partial charge in [-0.1, -0.05) is 0 Å². The first-order valence-corrected chi connectivity index (χ1v) is 2.89. The molecule has 0 bridgehead atoms. The first kappa shape index (κ1) is 10.2. The number of nitrogens with zero attached hydrogens (tertiary/aromatic N) is 2. The maximum Gasteiger partial charge on any atom is 0.329 e. The van der Waals surface area contributed by atoms with Crippen LogP contribution in [0.1, 0.15) is 12.7 Å². The van der Waals surface area contributed by atoms with Crippen molar-refractivity contribution in [2.75, 3.05) is 0 Å². The van der Waals surface area contributed by atoms with Gasteiger partial charge in [0.25, 0.3) is 0 Å². The minimum atomic E-state index is -0.346. The predicted molar refractivity (Wildman–Crippen MR) is 44.5 cm³/mol. The Hall–Kier alpha value is -0.840. The fourth-order valence-electron chi connectivity index (χ4n) is 0.602. The van der Waals surface area contributed by atoms with Gasteiger partial charge >= 0.3 is 5.97 Å². The molecule has 0 N–H and O–H groups in total. The molecule has 0 saturated heterocycles. The summed E-state index contributed by atoms with van der Waals surface area (Å²) in [5, 5.41) is 0. The van der Waals surface area contributed by atoms with E-state index in [9.17, 15) is 4.79 Å². The maximum atomic E-state index is 10.4. The lowest BCUT2D eigenvalue weighted by Gasteiger charge is -2.00. The van der Waals surface area contributed by atoms with Crippen LogP contribution in [0.2, 0.25) is 0 Å². The second kappa shape index (κ2) is 4.12. The summed E-state index contributed by atoms with van der Waals surface area (Å²) in [6, 6.07) is 0. The fourth-order valence-corrected chi connectivity index (χ4v) is 0.602. The Morgan fingerprint density at radius 3 is 2.73 bits per heavy atom. The van der Waals surface area contributed by atoms with Gasteiger partial charge in [0.2, 0.25) is 0 Å². The predicted octanol–water partition coefficient (Wildman–Crippen LogP) is 0.745. The van der Waals surface area contributed by atoms with E-state index >= 15 is 0 Å². The third kappa shape index (κ3) is 2.71. The maximum absolute atomic E-state index is 10.4. The highest BCUT2D eigenvalue weighted by atomic mass is 79.9. The van der Waals surface area contributed by atoms with Crippen molar-refractivity contribution in [3.05, 3.63) is 18.2 Å². The molecule has 0 spiro atoms. The van der Waals surface area contributed by atoms with Crippen molar-refractivity contribution in [1.29, 1.82) is 0 Å². The van der Waals surface area contributed by atoms with Gasteiger partial charge in [0.15, 0.2) is 0 Å². The van der Waals surface area contributed by atoms with Crippen molar-refractivity contribution in [2.24, 2.45) is 0 Å². The molecule has 11 heavy (non-hydrogen) atoms. The summed E-state index contributed by atoms with van der Waals surface area (Å²) in [4.78, 5) is 18.9. The summed E-state index contributed by atoms with van der Waals surface area (Å²) in [6.07, 6.45) is 3.15. The number of rotatable bonds is 1. The van der Waals surface area contributed by atoms with Crippen molar-refractivity contribution >= 4 is 23.0 Å². The summed E-state index contributed by atoms with van der Waals surface area (Å²) >= 11 is 0. The van der Waals surface area contributed by atoms with Crippen LogP contribution in [0.25, 0.3) is 0 Å². The summed E-state index contributed by atoms with van der Waals surface area (Å²) in [6.45, 7) is 3.10. The minimum absolute atomic E-state index is 0. The normalized spacial score (nSPS) is 8.55. The van der Waals surface area contributed by atoms with E-state index in [0.717, 1.165) is 0 Å². The number of hydrogen-bond donors (Lipinski definition) is 0. The van der Waals surface area contributed by atoms with Crippen molar-refractivity contribution in [3.63, 3.8) is 0 Å². The minimum Gasteiger partial charge on any atom is -0.336 e.